The zero-order valence-corrected chi connectivity index (χ0v) is 25.1. The number of aromatic nitrogens is 3. The largest absolute Gasteiger partial charge is 0.506 e. The Balaban J connectivity index is 1.37. The van der Waals surface area contributed by atoms with Crippen molar-refractivity contribution >= 4 is 33.7 Å². The van der Waals surface area contributed by atoms with E-state index in [1.54, 1.807) is 17.8 Å². The third-order valence-electron chi connectivity index (χ3n) is 7.78. The van der Waals surface area contributed by atoms with Gasteiger partial charge in [-0.25, -0.2) is 9.97 Å². The van der Waals surface area contributed by atoms with Gasteiger partial charge in [0, 0.05) is 27.4 Å². The third kappa shape index (κ3) is 5.17. The molecule has 5 heteroatoms. The lowest BCUT2D eigenvalue weighted by atomic mass is 9.86. The summed E-state index contributed by atoms with van der Waals surface area (Å²) in [6.45, 7) is 6.71. The van der Waals surface area contributed by atoms with E-state index in [1.807, 2.05) is 42.6 Å². The zero-order valence-electron chi connectivity index (χ0n) is 24.3. The first kappa shape index (κ1) is 27.0. The maximum Gasteiger partial charge on any atom is 0.146 e. The van der Waals surface area contributed by atoms with Crippen molar-refractivity contribution in [1.29, 1.82) is 0 Å². The number of pyridine rings is 2. The molecular formula is C38H31N3OS. The fourth-order valence-corrected chi connectivity index (χ4v) is 6.45. The van der Waals surface area contributed by atoms with E-state index in [0.29, 0.717) is 5.69 Å². The summed E-state index contributed by atoms with van der Waals surface area (Å²) in [5, 5.41) is 13.9. The molecule has 3 heterocycles. The summed E-state index contributed by atoms with van der Waals surface area (Å²) in [4.78, 5) is 11.1. The van der Waals surface area contributed by atoms with Crippen LogP contribution in [0.3, 0.4) is 0 Å². The van der Waals surface area contributed by atoms with Crippen molar-refractivity contribution in [2.75, 3.05) is 0 Å². The van der Waals surface area contributed by atoms with Gasteiger partial charge in [-0.15, -0.1) is 0 Å². The number of phenolic OH excluding ortho intramolecular Hbond substituents is 1. The van der Waals surface area contributed by atoms with Crippen LogP contribution in [0.25, 0.3) is 50.0 Å². The summed E-state index contributed by atoms with van der Waals surface area (Å²) in [7, 11) is 0. The van der Waals surface area contributed by atoms with Gasteiger partial charge < -0.3 is 5.11 Å². The molecule has 0 aliphatic rings. The van der Waals surface area contributed by atoms with E-state index in [9.17, 15) is 5.11 Å². The predicted octanol–water partition coefficient (Wildman–Crippen LogP) is 10.1. The molecule has 0 unspecified atom stereocenters. The Morgan fingerprint density at radius 1 is 0.674 bits per heavy atom. The predicted molar refractivity (Wildman–Crippen MR) is 178 cm³/mol. The van der Waals surface area contributed by atoms with Gasteiger partial charge in [-0.3, -0.25) is 4.57 Å². The maximum absolute atomic E-state index is 10.8. The number of hydrogen-bond acceptors (Lipinski definition) is 4. The molecule has 0 saturated carbocycles. The number of hydrogen-bond donors (Lipinski definition) is 1. The minimum absolute atomic E-state index is 0.0561. The van der Waals surface area contributed by atoms with Crippen molar-refractivity contribution < 1.29 is 5.11 Å². The van der Waals surface area contributed by atoms with Crippen LogP contribution in [0.1, 0.15) is 26.3 Å². The van der Waals surface area contributed by atoms with Gasteiger partial charge in [0.05, 0.1) is 16.9 Å². The standard InChI is InChI=1S/C38H31N3OS/c1-38(2,3)28-21-27(22-29(24-28)43-36-23-26(19-20-39-36)25-11-5-4-6-12-25)32-18-17-31-30-13-7-8-14-33(30)41(37(31)40-32)34-15-9-10-16-35(34)42/h4-24,42H,1-3H3. The summed E-state index contributed by atoms with van der Waals surface area (Å²) >= 11 is 1.67. The molecule has 210 valence electrons. The Bertz CT molecular complexity index is 2110. The van der Waals surface area contributed by atoms with E-state index in [0.717, 1.165) is 48.7 Å². The monoisotopic (exact) mass is 577 g/mol. The lowest BCUT2D eigenvalue weighted by Crippen LogP contribution is -2.11. The van der Waals surface area contributed by atoms with Gasteiger partial charge >= 0.3 is 0 Å². The lowest BCUT2D eigenvalue weighted by Gasteiger charge is -2.21. The molecule has 4 nitrogen and oxygen atoms in total. The second-order valence-electron chi connectivity index (χ2n) is 11.8. The Morgan fingerprint density at radius 3 is 2.26 bits per heavy atom. The number of benzene rings is 4. The van der Waals surface area contributed by atoms with Crippen molar-refractivity contribution in [3.8, 4) is 33.8 Å². The number of phenols is 1. The van der Waals surface area contributed by atoms with E-state index in [4.69, 9.17) is 9.97 Å². The molecule has 0 bridgehead atoms. The van der Waals surface area contributed by atoms with Crippen LogP contribution in [0, 0.1) is 0 Å². The highest BCUT2D eigenvalue weighted by Crippen LogP contribution is 2.38. The van der Waals surface area contributed by atoms with Gasteiger partial charge in [-0.2, -0.15) is 0 Å². The smallest absolute Gasteiger partial charge is 0.146 e. The molecule has 0 radical (unpaired) electrons. The normalized spacial score (nSPS) is 11.8. The van der Waals surface area contributed by atoms with Gasteiger partial charge in [0.2, 0.25) is 0 Å². The van der Waals surface area contributed by atoms with Crippen LogP contribution in [0.4, 0.5) is 0 Å². The van der Waals surface area contributed by atoms with Gasteiger partial charge in [0.15, 0.2) is 0 Å². The molecule has 7 aromatic rings. The fourth-order valence-electron chi connectivity index (χ4n) is 5.53. The van der Waals surface area contributed by atoms with Crippen LogP contribution in [0.5, 0.6) is 5.75 Å². The molecule has 0 spiro atoms. The lowest BCUT2D eigenvalue weighted by molar-refractivity contribution is 0.473. The van der Waals surface area contributed by atoms with Crippen LogP contribution in [0.2, 0.25) is 0 Å². The van der Waals surface area contributed by atoms with Crippen LogP contribution in [-0.4, -0.2) is 19.6 Å². The Morgan fingerprint density at radius 2 is 1.44 bits per heavy atom. The van der Waals surface area contributed by atoms with Crippen LogP contribution < -0.4 is 0 Å². The third-order valence-corrected chi connectivity index (χ3v) is 8.68. The number of rotatable bonds is 5. The van der Waals surface area contributed by atoms with Crippen molar-refractivity contribution in [1.82, 2.24) is 14.5 Å². The minimum Gasteiger partial charge on any atom is -0.506 e. The molecule has 0 amide bonds. The van der Waals surface area contributed by atoms with E-state index >= 15 is 0 Å². The van der Waals surface area contributed by atoms with Crippen LogP contribution in [0.15, 0.2) is 137 Å². The Labute approximate surface area is 255 Å². The summed E-state index contributed by atoms with van der Waals surface area (Å²) in [5.41, 5.74) is 7.95. The zero-order chi connectivity index (χ0) is 29.6. The second kappa shape index (κ2) is 10.8. The second-order valence-corrected chi connectivity index (χ2v) is 12.8. The minimum atomic E-state index is -0.0561. The molecule has 0 aliphatic heterocycles. The number of nitrogens with zero attached hydrogens (tertiary/aromatic N) is 3. The average molecular weight is 578 g/mol. The molecule has 0 aliphatic carbocycles. The summed E-state index contributed by atoms with van der Waals surface area (Å²) < 4.78 is 2.06. The average Bonchev–Trinajstić information content (AvgIpc) is 3.35. The first-order chi connectivity index (χ1) is 20.8. The number of para-hydroxylation sites is 3. The molecule has 3 aromatic heterocycles. The fraction of sp³-hybridized carbons (Fsp3) is 0.105. The molecule has 0 saturated heterocycles. The SMILES string of the molecule is CC(C)(C)c1cc(Sc2cc(-c3ccccc3)ccn2)cc(-c2ccc3c4ccccc4n(-c4ccccc4O)c3n2)c1. The van der Waals surface area contributed by atoms with Crippen molar-refractivity contribution in [3.05, 3.63) is 133 Å². The molecule has 7 rings (SSSR count). The molecule has 0 fully saturated rings. The molecule has 4 aromatic carbocycles. The van der Waals surface area contributed by atoms with E-state index in [-0.39, 0.29) is 11.2 Å². The van der Waals surface area contributed by atoms with Gasteiger partial charge in [0.1, 0.15) is 16.4 Å². The number of aromatic hydroxyl groups is 1. The maximum atomic E-state index is 10.8. The summed E-state index contributed by atoms with van der Waals surface area (Å²) in [5.74, 6) is 0.219. The quantitative estimate of drug-likeness (QED) is 0.221. The highest BCUT2D eigenvalue weighted by Gasteiger charge is 2.19. The molecule has 0 atom stereocenters. The Hall–Kier alpha value is -4.87. The highest BCUT2D eigenvalue weighted by atomic mass is 32.2. The van der Waals surface area contributed by atoms with E-state index < -0.39 is 0 Å². The van der Waals surface area contributed by atoms with Crippen LogP contribution in [-0.2, 0) is 5.41 Å². The van der Waals surface area contributed by atoms with Crippen molar-refractivity contribution in [2.45, 2.75) is 36.1 Å². The highest BCUT2D eigenvalue weighted by molar-refractivity contribution is 7.99. The Kier molecular flexibility index (Phi) is 6.75. The first-order valence-corrected chi connectivity index (χ1v) is 15.2. The van der Waals surface area contributed by atoms with Crippen molar-refractivity contribution in [2.24, 2.45) is 0 Å². The molecular weight excluding hydrogens is 547 g/mol. The summed E-state index contributed by atoms with van der Waals surface area (Å²) in [6, 6.07) is 41.3. The first-order valence-electron chi connectivity index (χ1n) is 14.4. The van der Waals surface area contributed by atoms with E-state index in [2.05, 4.69) is 104 Å². The van der Waals surface area contributed by atoms with Crippen molar-refractivity contribution in [3.63, 3.8) is 0 Å². The molecule has 1 N–H and O–H groups in total. The van der Waals surface area contributed by atoms with Gasteiger partial charge in [-0.1, -0.05) is 93.2 Å². The van der Waals surface area contributed by atoms with Gasteiger partial charge in [-0.05, 0) is 82.8 Å². The topological polar surface area (TPSA) is 50.9 Å². The summed E-state index contributed by atoms with van der Waals surface area (Å²) in [6.07, 6.45) is 1.88. The van der Waals surface area contributed by atoms with Gasteiger partial charge in [0.25, 0.3) is 0 Å². The number of fused-ring (bicyclic) bond motifs is 3. The van der Waals surface area contributed by atoms with E-state index in [1.165, 1.54) is 11.1 Å². The van der Waals surface area contributed by atoms with Crippen LogP contribution >= 0.6 is 11.8 Å². The molecule has 43 heavy (non-hydrogen) atoms.